The Morgan fingerprint density at radius 1 is 1.36 bits per heavy atom. The average Bonchev–Trinajstić information content (AvgIpc) is 2.90. The van der Waals surface area contributed by atoms with Gasteiger partial charge in [-0.15, -0.1) is 0 Å². The number of thioether (sulfide) groups is 1. The normalized spacial score (nSPS) is 12.0. The van der Waals surface area contributed by atoms with E-state index in [4.69, 9.17) is 0 Å². The number of benzene rings is 1. The molecule has 116 valence electrons. The lowest BCUT2D eigenvalue weighted by Crippen LogP contribution is -2.19. The molecule has 1 amide bonds. The molecule has 1 unspecified atom stereocenters. The van der Waals surface area contributed by atoms with Crippen molar-refractivity contribution in [2.24, 2.45) is 7.05 Å². The second-order valence-corrected chi connectivity index (χ2v) is 5.96. The van der Waals surface area contributed by atoms with Crippen molar-refractivity contribution < 1.29 is 9.72 Å². The highest BCUT2D eigenvalue weighted by atomic mass is 32.2. The molecule has 0 aliphatic rings. The number of carbonyl (C=O) groups excluding carboxylic acids is 1. The van der Waals surface area contributed by atoms with Crippen molar-refractivity contribution in [2.75, 3.05) is 14.1 Å². The van der Waals surface area contributed by atoms with Crippen LogP contribution < -0.4 is 0 Å². The molecule has 0 fully saturated rings. The summed E-state index contributed by atoms with van der Waals surface area (Å²) in [5.41, 5.74) is 0.811. The molecule has 0 radical (unpaired) electrons. The van der Waals surface area contributed by atoms with Crippen LogP contribution in [-0.4, -0.2) is 38.7 Å². The van der Waals surface area contributed by atoms with Gasteiger partial charge in [0, 0.05) is 45.7 Å². The molecule has 0 spiro atoms. The molecule has 0 saturated heterocycles. The Morgan fingerprint density at radius 2 is 2.00 bits per heavy atom. The first-order valence-electron chi connectivity index (χ1n) is 6.49. The fraction of sp³-hybridized carbons (Fsp3) is 0.286. The van der Waals surface area contributed by atoms with Crippen LogP contribution in [0.4, 0.5) is 10.5 Å². The lowest BCUT2D eigenvalue weighted by Gasteiger charge is -2.18. The molecular weight excluding hydrogens is 304 g/mol. The molecule has 0 aliphatic heterocycles. The van der Waals surface area contributed by atoms with Gasteiger partial charge in [0.15, 0.2) is 0 Å². The summed E-state index contributed by atoms with van der Waals surface area (Å²) in [6.45, 7) is 0. The van der Waals surface area contributed by atoms with Gasteiger partial charge in [0.25, 0.3) is 10.9 Å². The number of aromatic nitrogens is 2. The number of nitrogens with zero attached hydrogens (tertiary/aromatic N) is 4. The second-order valence-electron chi connectivity index (χ2n) is 4.90. The molecule has 1 aromatic carbocycles. The zero-order valence-electron chi connectivity index (χ0n) is 12.5. The molecule has 0 saturated carbocycles. The quantitative estimate of drug-likeness (QED) is 0.639. The Hall–Kier alpha value is -2.35. The zero-order chi connectivity index (χ0) is 16.3. The molecule has 0 aliphatic carbocycles. The van der Waals surface area contributed by atoms with Gasteiger partial charge in [0.2, 0.25) is 0 Å². The minimum absolute atomic E-state index is 0.0197. The van der Waals surface area contributed by atoms with Crippen LogP contribution in [0.25, 0.3) is 0 Å². The van der Waals surface area contributed by atoms with Gasteiger partial charge in [-0.2, -0.15) is 0 Å². The van der Waals surface area contributed by atoms with E-state index in [1.54, 1.807) is 38.6 Å². The van der Waals surface area contributed by atoms with Crippen LogP contribution in [-0.2, 0) is 7.05 Å². The fourth-order valence-electron chi connectivity index (χ4n) is 1.88. The summed E-state index contributed by atoms with van der Waals surface area (Å²) in [5, 5.41) is 10.3. The lowest BCUT2D eigenvalue weighted by atomic mass is 10.1. The summed E-state index contributed by atoms with van der Waals surface area (Å²) >= 11 is 1.13. The van der Waals surface area contributed by atoms with Crippen LogP contribution in [0.1, 0.15) is 16.6 Å². The SMILES string of the molecule is CN(C)C(=O)SC(c1ccc([N+](=O)[O-])cc1)c1nccn1C. The van der Waals surface area contributed by atoms with E-state index in [9.17, 15) is 14.9 Å². The largest absolute Gasteiger partial charge is 0.340 e. The van der Waals surface area contributed by atoms with E-state index < -0.39 is 4.92 Å². The summed E-state index contributed by atoms with van der Waals surface area (Å²) < 4.78 is 1.84. The highest BCUT2D eigenvalue weighted by Crippen LogP contribution is 2.36. The number of carbonyl (C=O) groups is 1. The zero-order valence-corrected chi connectivity index (χ0v) is 13.3. The standard InChI is InChI=1S/C14H16N4O3S/c1-16(2)14(19)22-12(13-15-8-9-17(13)3)10-4-6-11(7-5-10)18(20)21/h4-9,12H,1-3H3. The van der Waals surface area contributed by atoms with Crippen molar-refractivity contribution in [3.8, 4) is 0 Å². The first-order valence-corrected chi connectivity index (χ1v) is 7.37. The topological polar surface area (TPSA) is 81.3 Å². The number of nitro benzene ring substituents is 1. The van der Waals surface area contributed by atoms with Crippen LogP contribution >= 0.6 is 11.8 Å². The molecule has 0 bridgehead atoms. The molecule has 2 rings (SSSR count). The Morgan fingerprint density at radius 3 is 2.45 bits per heavy atom. The number of nitro groups is 1. The Labute approximate surface area is 132 Å². The Balaban J connectivity index is 2.37. The molecular formula is C14H16N4O3S. The van der Waals surface area contributed by atoms with Crippen molar-refractivity contribution >= 4 is 22.7 Å². The molecule has 0 N–H and O–H groups in total. The van der Waals surface area contributed by atoms with E-state index in [-0.39, 0.29) is 16.2 Å². The maximum Gasteiger partial charge on any atom is 0.282 e. The van der Waals surface area contributed by atoms with Crippen molar-refractivity contribution in [2.45, 2.75) is 5.25 Å². The monoisotopic (exact) mass is 320 g/mol. The van der Waals surface area contributed by atoms with Crippen LogP contribution in [0.2, 0.25) is 0 Å². The summed E-state index contributed by atoms with van der Waals surface area (Å²) in [4.78, 5) is 28.2. The third-order valence-electron chi connectivity index (χ3n) is 3.08. The van der Waals surface area contributed by atoms with Crippen LogP contribution in [0.3, 0.4) is 0 Å². The van der Waals surface area contributed by atoms with E-state index in [2.05, 4.69) is 4.98 Å². The van der Waals surface area contributed by atoms with Gasteiger partial charge < -0.3 is 9.47 Å². The first-order chi connectivity index (χ1) is 10.4. The van der Waals surface area contributed by atoms with E-state index in [0.29, 0.717) is 5.82 Å². The van der Waals surface area contributed by atoms with Gasteiger partial charge in [-0.25, -0.2) is 4.98 Å². The molecule has 1 atom stereocenters. The number of rotatable bonds is 4. The summed E-state index contributed by atoms with van der Waals surface area (Å²) in [5.74, 6) is 0.717. The molecule has 1 aromatic heterocycles. The highest BCUT2D eigenvalue weighted by Gasteiger charge is 2.24. The van der Waals surface area contributed by atoms with Crippen molar-refractivity contribution in [1.82, 2.24) is 14.5 Å². The van der Waals surface area contributed by atoms with E-state index in [0.717, 1.165) is 17.3 Å². The molecule has 2 aromatic rings. The van der Waals surface area contributed by atoms with Gasteiger partial charge in [0.1, 0.15) is 5.82 Å². The highest BCUT2D eigenvalue weighted by molar-refractivity contribution is 8.13. The van der Waals surface area contributed by atoms with E-state index in [1.165, 1.54) is 17.0 Å². The number of non-ortho nitro benzene ring substituents is 1. The average molecular weight is 320 g/mol. The lowest BCUT2D eigenvalue weighted by molar-refractivity contribution is -0.384. The molecule has 1 heterocycles. The van der Waals surface area contributed by atoms with E-state index >= 15 is 0 Å². The fourth-order valence-corrected chi connectivity index (χ4v) is 2.91. The van der Waals surface area contributed by atoms with Gasteiger partial charge in [-0.05, 0) is 17.3 Å². The smallest absolute Gasteiger partial charge is 0.282 e. The Kier molecular flexibility index (Phi) is 4.81. The number of aryl methyl sites for hydroxylation is 1. The predicted molar refractivity (Wildman–Crippen MR) is 84.8 cm³/mol. The second kappa shape index (κ2) is 6.61. The van der Waals surface area contributed by atoms with Crippen LogP contribution in [0, 0.1) is 10.1 Å². The van der Waals surface area contributed by atoms with E-state index in [1.807, 2.05) is 11.6 Å². The summed E-state index contributed by atoms with van der Waals surface area (Å²) in [6.07, 6.45) is 3.46. The van der Waals surface area contributed by atoms with Crippen molar-refractivity contribution in [3.63, 3.8) is 0 Å². The number of hydrogen-bond acceptors (Lipinski definition) is 5. The third-order valence-corrected chi connectivity index (χ3v) is 4.37. The minimum atomic E-state index is -0.447. The number of imidazole rings is 1. The van der Waals surface area contributed by atoms with Gasteiger partial charge in [-0.1, -0.05) is 12.1 Å². The van der Waals surface area contributed by atoms with Crippen LogP contribution in [0.5, 0.6) is 0 Å². The van der Waals surface area contributed by atoms with Gasteiger partial charge in [-0.3, -0.25) is 14.9 Å². The summed E-state index contributed by atoms with van der Waals surface area (Å²) in [7, 11) is 5.21. The first kappa shape index (κ1) is 16.0. The van der Waals surface area contributed by atoms with Gasteiger partial charge >= 0.3 is 0 Å². The number of hydrogen-bond donors (Lipinski definition) is 0. The van der Waals surface area contributed by atoms with Crippen molar-refractivity contribution in [1.29, 1.82) is 0 Å². The summed E-state index contributed by atoms with van der Waals surface area (Å²) in [6, 6.07) is 6.19. The predicted octanol–water partition coefficient (Wildman–Crippen LogP) is 2.83. The maximum absolute atomic E-state index is 12.1. The molecule has 8 heteroatoms. The maximum atomic E-state index is 12.1. The Bertz CT molecular complexity index is 682. The van der Waals surface area contributed by atoms with Gasteiger partial charge in [0.05, 0.1) is 10.2 Å². The van der Waals surface area contributed by atoms with Crippen molar-refractivity contribution in [3.05, 3.63) is 58.2 Å². The minimum Gasteiger partial charge on any atom is -0.340 e. The van der Waals surface area contributed by atoms with Crippen LogP contribution in [0.15, 0.2) is 36.7 Å². The molecule has 7 nitrogen and oxygen atoms in total. The third kappa shape index (κ3) is 3.45. The number of amides is 1. The molecule has 22 heavy (non-hydrogen) atoms.